The fraction of sp³-hybridized carbons (Fsp3) is 0.556. The quantitative estimate of drug-likeness (QED) is 0.773. The predicted molar refractivity (Wildman–Crippen MR) is 89.4 cm³/mol. The summed E-state index contributed by atoms with van der Waals surface area (Å²) in [5.74, 6) is -0.478. The molecule has 2 atom stereocenters. The molecule has 0 spiro atoms. The molecule has 0 saturated carbocycles. The fourth-order valence-electron chi connectivity index (χ4n) is 2.16. The maximum Gasteiger partial charge on any atom is 0.407 e. The van der Waals surface area contributed by atoms with Gasteiger partial charge in [-0.25, -0.2) is 9.18 Å². The van der Waals surface area contributed by atoms with E-state index in [1.165, 1.54) is 7.11 Å². The number of alkyl halides is 1. The van der Waals surface area contributed by atoms with E-state index in [-0.39, 0.29) is 12.8 Å². The Hall–Kier alpha value is -2.11. The number of carbonyl (C=O) groups excluding carboxylic acids is 2. The third-order valence-electron chi connectivity index (χ3n) is 3.29. The van der Waals surface area contributed by atoms with Gasteiger partial charge in [-0.15, -0.1) is 0 Å². The SMILES string of the molecule is COC(=O)CC[C@H](F)[C@H](Cc1ccccc1)NC(=O)OC(C)(C)C. The van der Waals surface area contributed by atoms with Gasteiger partial charge in [0, 0.05) is 6.42 Å². The summed E-state index contributed by atoms with van der Waals surface area (Å²) in [6.07, 6.45) is -1.83. The molecule has 0 radical (unpaired) electrons. The second-order valence-corrected chi connectivity index (χ2v) is 6.57. The Labute approximate surface area is 142 Å². The molecule has 24 heavy (non-hydrogen) atoms. The standard InChI is InChI=1S/C18H26FNO4/c1-18(2,3)24-17(22)20-15(12-13-8-6-5-7-9-13)14(19)10-11-16(21)23-4/h5-9,14-15H,10-12H2,1-4H3,(H,20,22)/t14-,15-/m0/s1. The molecule has 1 aromatic rings. The third kappa shape index (κ3) is 7.94. The molecule has 0 bridgehead atoms. The van der Waals surface area contributed by atoms with Crippen LogP contribution in [0, 0.1) is 0 Å². The maximum absolute atomic E-state index is 14.6. The number of alkyl carbamates (subject to hydrolysis) is 1. The van der Waals surface area contributed by atoms with Crippen molar-refractivity contribution in [2.75, 3.05) is 7.11 Å². The average Bonchev–Trinajstić information content (AvgIpc) is 2.50. The van der Waals surface area contributed by atoms with Crippen molar-refractivity contribution in [2.45, 2.75) is 57.8 Å². The van der Waals surface area contributed by atoms with Crippen LogP contribution in [0.5, 0.6) is 0 Å². The minimum atomic E-state index is -1.39. The number of carbonyl (C=O) groups is 2. The number of rotatable bonds is 7. The third-order valence-corrected chi connectivity index (χ3v) is 3.29. The Morgan fingerprint density at radius 2 is 1.83 bits per heavy atom. The van der Waals surface area contributed by atoms with Gasteiger partial charge in [0.25, 0.3) is 0 Å². The summed E-state index contributed by atoms with van der Waals surface area (Å²) in [6.45, 7) is 5.22. The van der Waals surface area contributed by atoms with Gasteiger partial charge in [-0.1, -0.05) is 30.3 Å². The molecular weight excluding hydrogens is 313 g/mol. The van der Waals surface area contributed by atoms with Gasteiger partial charge in [-0.2, -0.15) is 0 Å². The van der Waals surface area contributed by atoms with E-state index in [1.54, 1.807) is 20.8 Å². The number of nitrogens with one attached hydrogen (secondary N) is 1. The molecule has 5 nitrogen and oxygen atoms in total. The summed E-state index contributed by atoms with van der Waals surface area (Å²) in [4.78, 5) is 23.2. The first-order chi connectivity index (χ1) is 11.2. The van der Waals surface area contributed by atoms with Crippen molar-refractivity contribution in [2.24, 2.45) is 0 Å². The van der Waals surface area contributed by atoms with Crippen LogP contribution in [0.25, 0.3) is 0 Å². The topological polar surface area (TPSA) is 64.6 Å². The average molecular weight is 339 g/mol. The zero-order valence-corrected chi connectivity index (χ0v) is 14.7. The Bertz CT molecular complexity index is 528. The van der Waals surface area contributed by atoms with Gasteiger partial charge in [-0.3, -0.25) is 4.79 Å². The maximum atomic E-state index is 14.6. The Morgan fingerprint density at radius 3 is 2.38 bits per heavy atom. The first-order valence-corrected chi connectivity index (χ1v) is 7.95. The van der Waals surface area contributed by atoms with Gasteiger partial charge < -0.3 is 14.8 Å². The highest BCUT2D eigenvalue weighted by molar-refractivity contribution is 5.69. The van der Waals surface area contributed by atoms with Crippen molar-refractivity contribution in [3.05, 3.63) is 35.9 Å². The molecule has 0 saturated heterocycles. The van der Waals surface area contributed by atoms with Crippen LogP contribution in [0.1, 0.15) is 39.2 Å². The van der Waals surface area contributed by atoms with E-state index in [0.29, 0.717) is 6.42 Å². The Morgan fingerprint density at radius 1 is 1.21 bits per heavy atom. The van der Waals surface area contributed by atoms with Crippen LogP contribution in [-0.2, 0) is 20.7 Å². The minimum absolute atomic E-state index is 0.0278. The molecule has 0 aliphatic heterocycles. The summed E-state index contributed by atoms with van der Waals surface area (Å²) >= 11 is 0. The molecule has 0 aliphatic rings. The van der Waals surface area contributed by atoms with Crippen LogP contribution in [-0.4, -0.2) is 37.0 Å². The minimum Gasteiger partial charge on any atom is -0.469 e. The second-order valence-electron chi connectivity index (χ2n) is 6.57. The number of ether oxygens (including phenoxy) is 2. The van der Waals surface area contributed by atoms with Crippen molar-refractivity contribution >= 4 is 12.1 Å². The lowest BCUT2D eigenvalue weighted by Gasteiger charge is -2.25. The first kappa shape index (κ1) is 19.9. The van der Waals surface area contributed by atoms with Crippen LogP contribution >= 0.6 is 0 Å². The zero-order chi connectivity index (χ0) is 18.2. The van der Waals surface area contributed by atoms with Crippen LogP contribution in [0.2, 0.25) is 0 Å². The van der Waals surface area contributed by atoms with Crippen molar-refractivity contribution in [3.63, 3.8) is 0 Å². The monoisotopic (exact) mass is 339 g/mol. The zero-order valence-electron chi connectivity index (χ0n) is 14.7. The van der Waals surface area contributed by atoms with Gasteiger partial charge in [0.05, 0.1) is 13.2 Å². The van der Waals surface area contributed by atoms with Crippen LogP contribution < -0.4 is 5.32 Å². The van der Waals surface area contributed by atoms with Crippen LogP contribution in [0.15, 0.2) is 30.3 Å². The Kier molecular flexibility index (Phi) is 7.68. The van der Waals surface area contributed by atoms with Gasteiger partial charge in [0.1, 0.15) is 11.8 Å². The summed E-state index contributed by atoms with van der Waals surface area (Å²) in [6, 6.07) is 8.49. The normalized spacial score (nSPS) is 13.7. The number of esters is 1. The molecule has 0 aliphatic carbocycles. The van der Waals surface area contributed by atoms with Gasteiger partial charge in [-0.05, 0) is 39.2 Å². The van der Waals surface area contributed by atoms with Crippen molar-refractivity contribution in [1.82, 2.24) is 5.32 Å². The van der Waals surface area contributed by atoms with E-state index in [9.17, 15) is 14.0 Å². The van der Waals surface area contributed by atoms with E-state index in [2.05, 4.69) is 10.1 Å². The van der Waals surface area contributed by atoms with E-state index < -0.39 is 29.9 Å². The number of benzene rings is 1. The molecule has 0 unspecified atom stereocenters. The number of hydrogen-bond donors (Lipinski definition) is 1. The second kappa shape index (κ2) is 9.25. The molecule has 0 fully saturated rings. The van der Waals surface area contributed by atoms with E-state index in [1.807, 2.05) is 30.3 Å². The molecule has 1 aromatic carbocycles. The molecule has 134 valence electrons. The number of amides is 1. The molecule has 0 aromatic heterocycles. The molecular formula is C18H26FNO4. The lowest BCUT2D eigenvalue weighted by atomic mass is 9.99. The summed E-state index contributed by atoms with van der Waals surface area (Å²) in [5.41, 5.74) is 0.221. The number of methoxy groups -OCH3 is 1. The van der Waals surface area contributed by atoms with Gasteiger partial charge in [0.2, 0.25) is 0 Å². The Balaban J connectivity index is 2.74. The highest BCUT2D eigenvalue weighted by atomic mass is 19.1. The lowest BCUT2D eigenvalue weighted by molar-refractivity contribution is -0.141. The molecule has 1 N–H and O–H groups in total. The van der Waals surface area contributed by atoms with Crippen LogP contribution in [0.3, 0.4) is 0 Å². The molecule has 6 heteroatoms. The predicted octanol–water partition coefficient (Wildman–Crippen LogP) is 3.41. The molecule has 1 amide bonds. The lowest BCUT2D eigenvalue weighted by Crippen LogP contribution is -2.45. The van der Waals surface area contributed by atoms with E-state index in [0.717, 1.165) is 5.56 Å². The van der Waals surface area contributed by atoms with E-state index >= 15 is 0 Å². The summed E-state index contributed by atoms with van der Waals surface area (Å²) in [7, 11) is 1.26. The summed E-state index contributed by atoms with van der Waals surface area (Å²) < 4.78 is 24.3. The summed E-state index contributed by atoms with van der Waals surface area (Å²) in [5, 5.41) is 2.58. The molecule has 1 rings (SSSR count). The van der Waals surface area contributed by atoms with Gasteiger partial charge >= 0.3 is 12.1 Å². The van der Waals surface area contributed by atoms with Crippen molar-refractivity contribution < 1.29 is 23.5 Å². The molecule has 0 heterocycles. The number of hydrogen-bond acceptors (Lipinski definition) is 4. The van der Waals surface area contributed by atoms with Gasteiger partial charge in [0.15, 0.2) is 0 Å². The fourth-order valence-corrected chi connectivity index (χ4v) is 2.16. The van der Waals surface area contributed by atoms with Crippen LogP contribution in [0.4, 0.5) is 9.18 Å². The smallest absolute Gasteiger partial charge is 0.407 e. The highest BCUT2D eigenvalue weighted by Crippen LogP contribution is 2.15. The van der Waals surface area contributed by atoms with Crippen molar-refractivity contribution in [3.8, 4) is 0 Å². The van der Waals surface area contributed by atoms with Crippen molar-refractivity contribution in [1.29, 1.82) is 0 Å². The number of halogens is 1. The van der Waals surface area contributed by atoms with E-state index in [4.69, 9.17) is 4.74 Å². The largest absolute Gasteiger partial charge is 0.469 e. The highest BCUT2D eigenvalue weighted by Gasteiger charge is 2.26. The first-order valence-electron chi connectivity index (χ1n) is 7.95.